The Labute approximate surface area is 125 Å². The highest BCUT2D eigenvalue weighted by Gasteiger charge is 2.43. The van der Waals surface area contributed by atoms with E-state index >= 15 is 0 Å². The van der Waals surface area contributed by atoms with Crippen molar-refractivity contribution in [3.63, 3.8) is 0 Å². The summed E-state index contributed by atoms with van der Waals surface area (Å²) in [6, 6.07) is 2.51. The molecule has 0 bridgehead atoms. The Hall–Kier alpha value is -1.18. The van der Waals surface area contributed by atoms with Gasteiger partial charge in [-0.1, -0.05) is 0 Å². The van der Waals surface area contributed by atoms with Gasteiger partial charge < -0.3 is 0 Å². The third kappa shape index (κ3) is 3.97. The Morgan fingerprint density at radius 1 is 1.05 bits per heavy atom. The van der Waals surface area contributed by atoms with Gasteiger partial charge in [0.15, 0.2) is 9.84 Å². The summed E-state index contributed by atoms with van der Waals surface area (Å²) in [6.45, 7) is 0. The fraction of sp³-hybridized carbons (Fsp3) is 0.571. The van der Waals surface area contributed by atoms with Crippen LogP contribution in [0.4, 0.5) is 22.0 Å². The van der Waals surface area contributed by atoms with Crippen molar-refractivity contribution >= 4 is 9.84 Å². The Bertz CT molecular complexity index is 631. The zero-order valence-electron chi connectivity index (χ0n) is 11.5. The topological polar surface area (TPSA) is 34.1 Å². The summed E-state index contributed by atoms with van der Waals surface area (Å²) in [5, 5.41) is -0.936. The third-order valence-corrected chi connectivity index (χ3v) is 6.21. The highest BCUT2D eigenvalue weighted by molar-refractivity contribution is 7.91. The maximum atomic E-state index is 13.5. The molecular weight excluding hydrogens is 327 g/mol. The van der Waals surface area contributed by atoms with Crippen LogP contribution in [0.25, 0.3) is 0 Å². The molecule has 2 nitrogen and oxygen atoms in total. The summed E-state index contributed by atoms with van der Waals surface area (Å²) in [5.41, 5.74) is -0.294. The van der Waals surface area contributed by atoms with Crippen molar-refractivity contribution in [2.45, 2.75) is 42.9 Å². The molecule has 0 spiro atoms. The fourth-order valence-electron chi connectivity index (χ4n) is 2.74. The van der Waals surface area contributed by atoms with Gasteiger partial charge in [-0.15, -0.1) is 0 Å². The summed E-state index contributed by atoms with van der Waals surface area (Å²) in [6.07, 6.45) is -5.03. The molecule has 0 saturated heterocycles. The molecule has 0 aliphatic heterocycles. The molecule has 1 aliphatic rings. The number of hydrogen-bond acceptors (Lipinski definition) is 2. The van der Waals surface area contributed by atoms with Crippen LogP contribution in [-0.4, -0.2) is 19.8 Å². The number of benzene rings is 1. The minimum atomic E-state index is -4.32. The standard InChI is InChI=1S/C14H15F5O2S/c15-11-3-6-13(16)9(7-11)8-22(20,21)12-4-1-10(2-5-12)14(17,18)19/h3,6-7,10,12H,1-2,4-5,8H2. The van der Waals surface area contributed by atoms with Gasteiger partial charge in [-0.05, 0) is 43.9 Å². The predicted molar refractivity (Wildman–Crippen MR) is 70.8 cm³/mol. The zero-order chi connectivity index (χ0) is 16.5. The molecule has 0 radical (unpaired) electrons. The van der Waals surface area contributed by atoms with Crippen molar-refractivity contribution in [1.29, 1.82) is 0 Å². The van der Waals surface area contributed by atoms with E-state index in [4.69, 9.17) is 0 Å². The smallest absolute Gasteiger partial charge is 0.228 e. The molecule has 1 fully saturated rings. The third-order valence-electron chi connectivity index (χ3n) is 4.01. The molecule has 1 aromatic rings. The molecule has 0 aromatic heterocycles. The molecule has 1 aromatic carbocycles. The molecule has 0 N–H and O–H groups in total. The van der Waals surface area contributed by atoms with E-state index in [2.05, 4.69) is 0 Å². The Morgan fingerprint density at radius 3 is 2.18 bits per heavy atom. The monoisotopic (exact) mass is 342 g/mol. The summed E-state index contributed by atoms with van der Waals surface area (Å²) in [4.78, 5) is 0. The van der Waals surface area contributed by atoms with Crippen molar-refractivity contribution in [2.75, 3.05) is 0 Å². The number of alkyl halides is 3. The molecule has 22 heavy (non-hydrogen) atoms. The average molecular weight is 342 g/mol. The summed E-state index contributed by atoms with van der Waals surface area (Å²) >= 11 is 0. The molecule has 1 aliphatic carbocycles. The first kappa shape index (κ1) is 17.2. The molecule has 124 valence electrons. The normalized spacial score (nSPS) is 23.5. The van der Waals surface area contributed by atoms with Gasteiger partial charge in [0.05, 0.1) is 16.9 Å². The van der Waals surface area contributed by atoms with Crippen molar-refractivity contribution in [1.82, 2.24) is 0 Å². The van der Waals surface area contributed by atoms with Gasteiger partial charge in [-0.3, -0.25) is 0 Å². The van der Waals surface area contributed by atoms with E-state index < -0.39 is 44.6 Å². The number of hydrogen-bond donors (Lipinski definition) is 0. The Kier molecular flexibility index (Phi) is 4.79. The van der Waals surface area contributed by atoms with E-state index in [-0.39, 0.29) is 31.2 Å². The van der Waals surface area contributed by atoms with Crippen molar-refractivity contribution in [3.05, 3.63) is 35.4 Å². The van der Waals surface area contributed by atoms with Crippen molar-refractivity contribution < 1.29 is 30.4 Å². The van der Waals surface area contributed by atoms with Crippen LogP contribution in [0.3, 0.4) is 0 Å². The van der Waals surface area contributed by atoms with E-state index in [1.54, 1.807) is 0 Å². The highest BCUT2D eigenvalue weighted by atomic mass is 32.2. The van der Waals surface area contributed by atoms with Crippen LogP contribution >= 0.6 is 0 Å². The van der Waals surface area contributed by atoms with Crippen LogP contribution in [0.5, 0.6) is 0 Å². The summed E-state index contributed by atoms with van der Waals surface area (Å²) in [5.74, 6) is -3.77. The minimum Gasteiger partial charge on any atom is -0.228 e. The number of rotatable bonds is 3. The van der Waals surface area contributed by atoms with E-state index in [0.29, 0.717) is 0 Å². The van der Waals surface area contributed by atoms with Crippen molar-refractivity contribution in [3.8, 4) is 0 Å². The van der Waals surface area contributed by atoms with Gasteiger partial charge in [-0.25, -0.2) is 17.2 Å². The van der Waals surface area contributed by atoms with Gasteiger partial charge >= 0.3 is 6.18 Å². The SMILES string of the molecule is O=S(=O)(Cc1cc(F)ccc1F)C1CCC(C(F)(F)F)CC1. The molecule has 2 rings (SSSR count). The maximum Gasteiger partial charge on any atom is 0.391 e. The molecule has 0 heterocycles. The zero-order valence-corrected chi connectivity index (χ0v) is 12.4. The maximum absolute atomic E-state index is 13.5. The lowest BCUT2D eigenvalue weighted by molar-refractivity contribution is -0.181. The van der Waals surface area contributed by atoms with Crippen LogP contribution in [0, 0.1) is 17.6 Å². The minimum absolute atomic E-state index is 0.108. The summed E-state index contributed by atoms with van der Waals surface area (Å²) < 4.78 is 88.7. The largest absolute Gasteiger partial charge is 0.391 e. The lowest BCUT2D eigenvalue weighted by Crippen LogP contribution is -2.33. The van der Waals surface area contributed by atoms with Crippen molar-refractivity contribution in [2.24, 2.45) is 5.92 Å². The van der Waals surface area contributed by atoms with Gasteiger partial charge in [0.25, 0.3) is 0 Å². The Morgan fingerprint density at radius 2 is 1.64 bits per heavy atom. The second-order valence-corrected chi connectivity index (χ2v) is 7.84. The molecule has 0 unspecified atom stereocenters. The fourth-order valence-corrected chi connectivity index (χ4v) is 4.62. The highest BCUT2D eigenvalue weighted by Crippen LogP contribution is 2.39. The van der Waals surface area contributed by atoms with Crippen LogP contribution < -0.4 is 0 Å². The first-order chi connectivity index (χ1) is 10.1. The van der Waals surface area contributed by atoms with Gasteiger partial charge in [0.1, 0.15) is 11.6 Å². The quantitative estimate of drug-likeness (QED) is 0.778. The lowest BCUT2D eigenvalue weighted by atomic mass is 9.88. The van der Waals surface area contributed by atoms with Crippen LogP contribution in [0.2, 0.25) is 0 Å². The predicted octanol–water partition coefficient (Wildman–Crippen LogP) is 4.00. The number of halogens is 5. The molecule has 8 heteroatoms. The number of sulfone groups is 1. The average Bonchev–Trinajstić information content (AvgIpc) is 2.42. The first-order valence-electron chi connectivity index (χ1n) is 6.82. The van der Waals surface area contributed by atoms with Gasteiger partial charge in [-0.2, -0.15) is 13.2 Å². The van der Waals surface area contributed by atoms with Gasteiger partial charge in [0, 0.05) is 5.56 Å². The molecule has 0 amide bonds. The second kappa shape index (κ2) is 6.14. The van der Waals surface area contributed by atoms with E-state index in [1.807, 2.05) is 0 Å². The summed E-state index contributed by atoms with van der Waals surface area (Å²) in [7, 11) is -3.82. The van der Waals surface area contributed by atoms with Crippen LogP contribution in [0.15, 0.2) is 18.2 Å². The molecular formula is C14H15F5O2S. The van der Waals surface area contributed by atoms with E-state index in [9.17, 15) is 30.4 Å². The first-order valence-corrected chi connectivity index (χ1v) is 8.53. The van der Waals surface area contributed by atoms with Crippen LogP contribution in [-0.2, 0) is 15.6 Å². The van der Waals surface area contributed by atoms with Gasteiger partial charge in [0.2, 0.25) is 0 Å². The Balaban J connectivity index is 2.08. The van der Waals surface area contributed by atoms with E-state index in [1.165, 1.54) is 0 Å². The second-order valence-electron chi connectivity index (χ2n) is 5.56. The van der Waals surface area contributed by atoms with Crippen LogP contribution in [0.1, 0.15) is 31.2 Å². The van der Waals surface area contributed by atoms with E-state index in [0.717, 1.165) is 18.2 Å². The molecule has 1 saturated carbocycles. The lowest BCUT2D eigenvalue weighted by Gasteiger charge is -2.29. The molecule has 0 atom stereocenters.